The lowest BCUT2D eigenvalue weighted by Crippen LogP contribution is -2.36. The van der Waals surface area contributed by atoms with Gasteiger partial charge in [0.2, 0.25) is 11.8 Å². The number of rotatable bonds is 7. The van der Waals surface area contributed by atoms with E-state index in [1.54, 1.807) is 31.2 Å². The van der Waals surface area contributed by atoms with Crippen molar-refractivity contribution in [2.24, 2.45) is 0 Å². The topological polar surface area (TPSA) is 75.7 Å². The first-order valence-electron chi connectivity index (χ1n) is 8.77. The number of hydrogen-bond donors (Lipinski definition) is 1. The molecule has 0 unspecified atom stereocenters. The largest absolute Gasteiger partial charge is 0.462 e. The third kappa shape index (κ3) is 5.95. The molecule has 0 aliphatic rings. The minimum atomic E-state index is -0.503. The number of carbonyl (C=O) groups excluding carboxylic acids is 3. The maximum absolute atomic E-state index is 12.4. The van der Waals surface area contributed by atoms with Crippen LogP contribution in [-0.2, 0) is 20.9 Å². The van der Waals surface area contributed by atoms with Crippen molar-refractivity contribution in [3.63, 3.8) is 0 Å². The minimum Gasteiger partial charge on any atom is -0.462 e. The number of ether oxygens (including phenoxy) is 1. The molecule has 0 spiro atoms. The lowest BCUT2D eigenvalue weighted by atomic mass is 10.1. The monoisotopic (exact) mass is 368 g/mol. The molecular weight excluding hydrogens is 344 g/mol. The van der Waals surface area contributed by atoms with Gasteiger partial charge < -0.3 is 15.0 Å². The fourth-order valence-electron chi connectivity index (χ4n) is 2.53. The fraction of sp³-hybridized carbons (Fsp3) is 0.286. The molecule has 0 atom stereocenters. The molecular formula is C21H24N2O4. The Balaban J connectivity index is 2.07. The van der Waals surface area contributed by atoms with E-state index >= 15 is 0 Å². The number of hydrogen-bond acceptors (Lipinski definition) is 4. The highest BCUT2D eigenvalue weighted by molar-refractivity contribution is 6.02. The highest BCUT2D eigenvalue weighted by Crippen LogP contribution is 2.16. The standard InChI is InChI=1S/C21H24N2O4/c1-4-27-21(26)18-7-5-6-8-19(18)22-20(25)14-23(16(3)24)13-17-11-9-15(2)10-12-17/h5-12H,4,13-14H2,1-3H3,(H,22,25). The second-order valence-corrected chi connectivity index (χ2v) is 6.17. The molecule has 0 aromatic heterocycles. The van der Waals surface area contributed by atoms with Gasteiger partial charge in [0.05, 0.1) is 17.9 Å². The molecule has 0 radical (unpaired) electrons. The van der Waals surface area contributed by atoms with E-state index in [9.17, 15) is 14.4 Å². The van der Waals surface area contributed by atoms with E-state index in [1.807, 2.05) is 31.2 Å². The normalized spacial score (nSPS) is 10.2. The lowest BCUT2D eigenvalue weighted by molar-refractivity contribution is -0.133. The average Bonchev–Trinajstić information content (AvgIpc) is 2.63. The molecule has 142 valence electrons. The van der Waals surface area contributed by atoms with Crippen LogP contribution in [0.5, 0.6) is 0 Å². The second-order valence-electron chi connectivity index (χ2n) is 6.17. The van der Waals surface area contributed by atoms with E-state index in [0.29, 0.717) is 12.2 Å². The van der Waals surface area contributed by atoms with Crippen LogP contribution in [0.15, 0.2) is 48.5 Å². The molecule has 2 aromatic rings. The summed E-state index contributed by atoms with van der Waals surface area (Å²) in [5.74, 6) is -1.09. The van der Waals surface area contributed by atoms with E-state index in [0.717, 1.165) is 11.1 Å². The molecule has 0 bridgehead atoms. The summed E-state index contributed by atoms with van der Waals surface area (Å²) in [6.45, 7) is 5.60. The van der Waals surface area contributed by atoms with Gasteiger partial charge in [-0.3, -0.25) is 9.59 Å². The average molecular weight is 368 g/mol. The van der Waals surface area contributed by atoms with Gasteiger partial charge in [-0.1, -0.05) is 42.0 Å². The van der Waals surface area contributed by atoms with Crippen molar-refractivity contribution in [2.45, 2.75) is 27.3 Å². The zero-order chi connectivity index (χ0) is 19.8. The lowest BCUT2D eigenvalue weighted by Gasteiger charge is -2.21. The molecule has 0 heterocycles. The van der Waals surface area contributed by atoms with Crippen molar-refractivity contribution in [3.8, 4) is 0 Å². The first-order valence-corrected chi connectivity index (χ1v) is 8.77. The van der Waals surface area contributed by atoms with E-state index < -0.39 is 5.97 Å². The molecule has 2 aromatic carbocycles. The van der Waals surface area contributed by atoms with Gasteiger partial charge in [0, 0.05) is 13.5 Å². The van der Waals surface area contributed by atoms with Crippen LogP contribution in [0.1, 0.15) is 35.3 Å². The number of nitrogens with zero attached hydrogens (tertiary/aromatic N) is 1. The number of para-hydroxylation sites is 1. The molecule has 0 saturated carbocycles. The first-order chi connectivity index (χ1) is 12.9. The number of anilines is 1. The van der Waals surface area contributed by atoms with Crippen LogP contribution in [0.4, 0.5) is 5.69 Å². The summed E-state index contributed by atoms with van der Waals surface area (Å²) >= 11 is 0. The molecule has 2 rings (SSSR count). The smallest absolute Gasteiger partial charge is 0.340 e. The van der Waals surface area contributed by atoms with Crippen molar-refractivity contribution < 1.29 is 19.1 Å². The van der Waals surface area contributed by atoms with Gasteiger partial charge in [-0.05, 0) is 31.5 Å². The van der Waals surface area contributed by atoms with Crippen LogP contribution in [0, 0.1) is 6.92 Å². The van der Waals surface area contributed by atoms with Crippen molar-refractivity contribution in [2.75, 3.05) is 18.5 Å². The predicted molar refractivity (Wildman–Crippen MR) is 103 cm³/mol. The third-order valence-corrected chi connectivity index (χ3v) is 3.97. The van der Waals surface area contributed by atoms with E-state index in [2.05, 4.69) is 5.32 Å². The van der Waals surface area contributed by atoms with Gasteiger partial charge >= 0.3 is 5.97 Å². The van der Waals surface area contributed by atoms with Gasteiger partial charge in [0.1, 0.15) is 6.54 Å². The molecule has 0 aliphatic carbocycles. The van der Waals surface area contributed by atoms with Crippen molar-refractivity contribution in [1.82, 2.24) is 4.90 Å². The summed E-state index contributed by atoms with van der Waals surface area (Å²) < 4.78 is 5.00. The Kier molecular flexibility index (Phi) is 7.11. The summed E-state index contributed by atoms with van der Waals surface area (Å²) in [6, 6.07) is 14.4. The van der Waals surface area contributed by atoms with Crippen LogP contribution in [0.25, 0.3) is 0 Å². The summed E-state index contributed by atoms with van der Waals surface area (Å²) in [7, 11) is 0. The van der Waals surface area contributed by atoms with Crippen LogP contribution in [0.3, 0.4) is 0 Å². The SMILES string of the molecule is CCOC(=O)c1ccccc1NC(=O)CN(Cc1ccc(C)cc1)C(C)=O. The van der Waals surface area contributed by atoms with E-state index in [4.69, 9.17) is 4.74 Å². The molecule has 6 heteroatoms. The number of carbonyl (C=O) groups is 3. The number of esters is 1. The highest BCUT2D eigenvalue weighted by Gasteiger charge is 2.17. The number of nitrogens with one attached hydrogen (secondary N) is 1. The van der Waals surface area contributed by atoms with Crippen LogP contribution >= 0.6 is 0 Å². The van der Waals surface area contributed by atoms with Gasteiger partial charge in [-0.25, -0.2) is 4.79 Å². The molecule has 0 saturated heterocycles. The van der Waals surface area contributed by atoms with Gasteiger partial charge in [-0.2, -0.15) is 0 Å². The second kappa shape index (κ2) is 9.52. The molecule has 2 amide bonds. The maximum Gasteiger partial charge on any atom is 0.340 e. The number of amides is 2. The zero-order valence-electron chi connectivity index (χ0n) is 15.8. The highest BCUT2D eigenvalue weighted by atomic mass is 16.5. The van der Waals surface area contributed by atoms with Crippen molar-refractivity contribution in [3.05, 3.63) is 65.2 Å². The minimum absolute atomic E-state index is 0.111. The van der Waals surface area contributed by atoms with Gasteiger partial charge in [0.15, 0.2) is 0 Å². The fourth-order valence-corrected chi connectivity index (χ4v) is 2.53. The quantitative estimate of drug-likeness (QED) is 0.762. The molecule has 1 N–H and O–H groups in total. The van der Waals surface area contributed by atoms with Crippen molar-refractivity contribution >= 4 is 23.5 Å². The Morgan fingerprint density at radius 3 is 2.33 bits per heavy atom. The van der Waals surface area contributed by atoms with Gasteiger partial charge in [0.25, 0.3) is 0 Å². The number of benzene rings is 2. The predicted octanol–water partition coefficient (Wildman–Crippen LogP) is 3.16. The molecule has 6 nitrogen and oxygen atoms in total. The zero-order valence-corrected chi connectivity index (χ0v) is 15.8. The van der Waals surface area contributed by atoms with Crippen LogP contribution in [-0.4, -0.2) is 35.8 Å². The number of aryl methyl sites for hydroxylation is 1. The van der Waals surface area contributed by atoms with E-state index in [-0.39, 0.29) is 30.5 Å². The van der Waals surface area contributed by atoms with Crippen LogP contribution in [0.2, 0.25) is 0 Å². The summed E-state index contributed by atoms with van der Waals surface area (Å²) in [5.41, 5.74) is 2.71. The molecule has 0 aliphatic heterocycles. The van der Waals surface area contributed by atoms with Crippen LogP contribution < -0.4 is 5.32 Å². The molecule has 27 heavy (non-hydrogen) atoms. The Morgan fingerprint density at radius 2 is 1.70 bits per heavy atom. The maximum atomic E-state index is 12.4. The summed E-state index contributed by atoms with van der Waals surface area (Å²) in [6.07, 6.45) is 0. The first kappa shape index (κ1) is 20.2. The Bertz CT molecular complexity index is 815. The third-order valence-electron chi connectivity index (χ3n) is 3.97. The van der Waals surface area contributed by atoms with Gasteiger partial charge in [-0.15, -0.1) is 0 Å². The van der Waals surface area contributed by atoms with E-state index in [1.165, 1.54) is 11.8 Å². The Labute approximate surface area is 159 Å². The summed E-state index contributed by atoms with van der Waals surface area (Å²) in [5, 5.41) is 2.70. The molecule has 0 fully saturated rings. The Hall–Kier alpha value is -3.15. The Morgan fingerprint density at radius 1 is 1.04 bits per heavy atom. The summed E-state index contributed by atoms with van der Waals surface area (Å²) in [4.78, 5) is 37.8. The van der Waals surface area contributed by atoms with Crippen molar-refractivity contribution in [1.29, 1.82) is 0 Å².